The zero-order valence-electron chi connectivity index (χ0n) is 17.8. The highest BCUT2D eigenvalue weighted by molar-refractivity contribution is 5.81. The van der Waals surface area contributed by atoms with Gasteiger partial charge in [0.15, 0.2) is 6.10 Å². The number of hydrogen-bond donors (Lipinski definition) is 0. The number of nitrogens with zero attached hydrogens (tertiary/aromatic N) is 2. The molecule has 4 nitrogen and oxygen atoms in total. The first-order valence-electron chi connectivity index (χ1n) is 10.5. The molecule has 29 heavy (non-hydrogen) atoms. The summed E-state index contributed by atoms with van der Waals surface area (Å²) in [7, 11) is 0. The van der Waals surface area contributed by atoms with Crippen molar-refractivity contribution in [2.75, 3.05) is 32.7 Å². The second-order valence-corrected chi connectivity index (χ2v) is 7.89. The number of amides is 1. The van der Waals surface area contributed by atoms with E-state index >= 15 is 0 Å². The van der Waals surface area contributed by atoms with Gasteiger partial charge in [-0.25, -0.2) is 0 Å². The van der Waals surface area contributed by atoms with E-state index in [1.54, 1.807) is 0 Å². The van der Waals surface area contributed by atoms with Crippen LogP contribution in [0.15, 0.2) is 60.7 Å². The van der Waals surface area contributed by atoms with Gasteiger partial charge in [0.1, 0.15) is 5.75 Å². The molecule has 1 saturated heterocycles. The Kier molecular flexibility index (Phi) is 7.48. The van der Waals surface area contributed by atoms with Crippen LogP contribution in [0.3, 0.4) is 0 Å². The Hall–Kier alpha value is -2.59. The van der Waals surface area contributed by atoms with Crippen molar-refractivity contribution in [3.8, 4) is 5.75 Å². The maximum atomic E-state index is 12.9. The second-order valence-electron chi connectivity index (χ2n) is 7.89. The first-order chi connectivity index (χ1) is 14.0. The van der Waals surface area contributed by atoms with E-state index in [2.05, 4.69) is 49.1 Å². The van der Waals surface area contributed by atoms with Crippen LogP contribution < -0.4 is 4.74 Å². The Morgan fingerprint density at radius 3 is 2.31 bits per heavy atom. The molecule has 0 saturated carbocycles. The van der Waals surface area contributed by atoms with Gasteiger partial charge >= 0.3 is 0 Å². The van der Waals surface area contributed by atoms with Crippen LogP contribution in [0.2, 0.25) is 0 Å². The van der Waals surface area contributed by atoms with Gasteiger partial charge in [0, 0.05) is 32.7 Å². The number of carbonyl (C=O) groups excluding carboxylic acids is 1. The van der Waals surface area contributed by atoms with Gasteiger partial charge in [0.25, 0.3) is 5.91 Å². The molecule has 1 aliphatic heterocycles. The van der Waals surface area contributed by atoms with Gasteiger partial charge in [-0.1, -0.05) is 74.5 Å². The Labute approximate surface area is 174 Å². The fraction of sp³-hybridized carbons (Fsp3) is 0.400. The Morgan fingerprint density at radius 2 is 1.62 bits per heavy atom. The van der Waals surface area contributed by atoms with Gasteiger partial charge in [-0.05, 0) is 30.0 Å². The van der Waals surface area contributed by atoms with Gasteiger partial charge in [0.05, 0.1) is 0 Å². The summed E-state index contributed by atoms with van der Waals surface area (Å²) in [5.41, 5.74) is 2.36. The average Bonchev–Trinajstić information content (AvgIpc) is 2.74. The van der Waals surface area contributed by atoms with Crippen molar-refractivity contribution in [1.82, 2.24) is 9.80 Å². The van der Waals surface area contributed by atoms with Crippen molar-refractivity contribution in [1.29, 1.82) is 0 Å². The molecule has 0 spiro atoms. The number of benzene rings is 2. The minimum atomic E-state index is -0.473. The quantitative estimate of drug-likeness (QED) is 0.699. The van der Waals surface area contributed by atoms with Crippen LogP contribution in [-0.2, 0) is 4.79 Å². The summed E-state index contributed by atoms with van der Waals surface area (Å²) < 4.78 is 6.05. The molecule has 0 unspecified atom stereocenters. The lowest BCUT2D eigenvalue weighted by Gasteiger charge is -2.35. The van der Waals surface area contributed by atoms with Crippen LogP contribution >= 0.6 is 0 Å². The lowest BCUT2D eigenvalue weighted by Crippen LogP contribution is -2.51. The molecule has 0 aliphatic carbocycles. The zero-order chi connectivity index (χ0) is 20.6. The number of carbonyl (C=O) groups is 1. The standard InChI is InChI=1S/C25H32N2O2/c1-20(2)23-13-7-8-14-24(23)29-21(3)25(28)27-18-16-26(17-19-27)15-9-12-22-10-5-4-6-11-22/h4-14,20-21H,15-19H2,1-3H3/b12-9+/t21-/m0/s1. The summed E-state index contributed by atoms with van der Waals surface area (Å²) in [6.45, 7) is 10.3. The molecular weight excluding hydrogens is 360 g/mol. The SMILES string of the molecule is CC(C)c1ccccc1O[C@@H](C)C(=O)N1CCN(C/C=C/c2ccccc2)CC1. The molecule has 1 fully saturated rings. The molecule has 2 aromatic carbocycles. The van der Waals surface area contributed by atoms with Crippen LogP contribution in [0.1, 0.15) is 37.8 Å². The highest BCUT2D eigenvalue weighted by atomic mass is 16.5. The third kappa shape index (κ3) is 5.94. The van der Waals surface area contributed by atoms with Crippen molar-refractivity contribution >= 4 is 12.0 Å². The molecular formula is C25H32N2O2. The number of piperazine rings is 1. The lowest BCUT2D eigenvalue weighted by molar-refractivity contribution is -0.139. The van der Waals surface area contributed by atoms with Gasteiger partial charge in [-0.2, -0.15) is 0 Å². The fourth-order valence-corrected chi connectivity index (χ4v) is 3.62. The number of hydrogen-bond acceptors (Lipinski definition) is 3. The Bertz CT molecular complexity index is 809. The molecule has 1 atom stereocenters. The van der Waals surface area contributed by atoms with Crippen molar-refractivity contribution in [2.24, 2.45) is 0 Å². The van der Waals surface area contributed by atoms with E-state index in [1.807, 2.05) is 48.2 Å². The summed E-state index contributed by atoms with van der Waals surface area (Å²) in [5, 5.41) is 0. The van der Waals surface area contributed by atoms with E-state index in [1.165, 1.54) is 5.56 Å². The summed E-state index contributed by atoms with van der Waals surface area (Å²) in [6, 6.07) is 18.3. The topological polar surface area (TPSA) is 32.8 Å². The van der Waals surface area contributed by atoms with Crippen LogP contribution in [0, 0.1) is 0 Å². The minimum Gasteiger partial charge on any atom is -0.481 e. The molecule has 154 valence electrons. The molecule has 0 aromatic heterocycles. The van der Waals surface area contributed by atoms with E-state index in [-0.39, 0.29) is 5.91 Å². The van der Waals surface area contributed by atoms with E-state index < -0.39 is 6.10 Å². The number of ether oxygens (including phenoxy) is 1. The average molecular weight is 393 g/mol. The van der Waals surface area contributed by atoms with Gasteiger partial charge in [-0.15, -0.1) is 0 Å². The fourth-order valence-electron chi connectivity index (χ4n) is 3.62. The predicted octanol–water partition coefficient (Wildman–Crippen LogP) is 4.43. The number of para-hydroxylation sites is 1. The molecule has 4 heteroatoms. The van der Waals surface area contributed by atoms with Gasteiger partial charge < -0.3 is 9.64 Å². The first-order valence-corrected chi connectivity index (χ1v) is 10.5. The normalized spacial score (nSPS) is 16.3. The summed E-state index contributed by atoms with van der Waals surface area (Å²) in [6.07, 6.45) is 3.88. The van der Waals surface area contributed by atoms with Crippen LogP contribution in [0.5, 0.6) is 5.75 Å². The van der Waals surface area contributed by atoms with E-state index in [9.17, 15) is 4.79 Å². The minimum absolute atomic E-state index is 0.0723. The van der Waals surface area contributed by atoms with Crippen molar-refractivity contribution in [3.63, 3.8) is 0 Å². The van der Waals surface area contributed by atoms with Gasteiger partial charge in [-0.3, -0.25) is 9.69 Å². The predicted molar refractivity (Wildman–Crippen MR) is 119 cm³/mol. The summed E-state index contributed by atoms with van der Waals surface area (Å²) >= 11 is 0. The van der Waals surface area contributed by atoms with Crippen LogP contribution in [0.25, 0.3) is 6.08 Å². The van der Waals surface area contributed by atoms with Crippen LogP contribution in [-0.4, -0.2) is 54.5 Å². The van der Waals surface area contributed by atoms with Crippen molar-refractivity contribution < 1.29 is 9.53 Å². The Morgan fingerprint density at radius 1 is 0.966 bits per heavy atom. The smallest absolute Gasteiger partial charge is 0.263 e. The molecule has 3 rings (SSSR count). The lowest BCUT2D eigenvalue weighted by atomic mass is 10.0. The maximum absolute atomic E-state index is 12.9. The highest BCUT2D eigenvalue weighted by Crippen LogP contribution is 2.27. The van der Waals surface area contributed by atoms with Crippen molar-refractivity contribution in [3.05, 3.63) is 71.8 Å². The van der Waals surface area contributed by atoms with Crippen LogP contribution in [0.4, 0.5) is 0 Å². The first kappa shape index (κ1) is 21.1. The molecule has 0 N–H and O–H groups in total. The third-order valence-electron chi connectivity index (χ3n) is 5.35. The summed E-state index contributed by atoms with van der Waals surface area (Å²) in [4.78, 5) is 17.2. The monoisotopic (exact) mass is 392 g/mol. The molecule has 1 aliphatic rings. The van der Waals surface area contributed by atoms with Gasteiger partial charge in [0.2, 0.25) is 0 Å². The van der Waals surface area contributed by atoms with Crippen molar-refractivity contribution in [2.45, 2.75) is 32.8 Å². The molecule has 1 amide bonds. The summed E-state index contributed by atoms with van der Waals surface area (Å²) in [5.74, 6) is 1.25. The molecule has 0 radical (unpaired) electrons. The molecule has 2 aromatic rings. The molecule has 0 bridgehead atoms. The second kappa shape index (κ2) is 10.3. The largest absolute Gasteiger partial charge is 0.481 e. The Balaban J connectivity index is 1.47. The van der Waals surface area contributed by atoms with E-state index in [0.717, 1.165) is 44.0 Å². The third-order valence-corrected chi connectivity index (χ3v) is 5.35. The van der Waals surface area contributed by atoms with E-state index in [4.69, 9.17) is 4.74 Å². The maximum Gasteiger partial charge on any atom is 0.263 e. The number of rotatable bonds is 7. The van der Waals surface area contributed by atoms with E-state index in [0.29, 0.717) is 5.92 Å². The zero-order valence-corrected chi connectivity index (χ0v) is 17.8. The highest BCUT2D eigenvalue weighted by Gasteiger charge is 2.26. The molecule has 1 heterocycles.